The summed E-state index contributed by atoms with van der Waals surface area (Å²) in [7, 11) is 0. The molecular weight excluding hydrogens is 354 g/mol. The number of morpholine rings is 1. The Hall–Kier alpha value is -2.67. The summed E-state index contributed by atoms with van der Waals surface area (Å²) < 4.78 is 13.5. The van der Waals surface area contributed by atoms with Crippen LogP contribution in [0.4, 0.5) is 5.82 Å². The molecule has 2 aliphatic rings. The first-order valence-corrected chi connectivity index (χ1v) is 10.2. The minimum Gasteiger partial charge on any atom is -0.490 e. The van der Waals surface area contributed by atoms with E-state index in [1.807, 2.05) is 24.4 Å². The zero-order valence-electron chi connectivity index (χ0n) is 16.0. The van der Waals surface area contributed by atoms with E-state index < -0.39 is 0 Å². The van der Waals surface area contributed by atoms with Crippen molar-refractivity contribution in [2.75, 3.05) is 31.2 Å². The van der Waals surface area contributed by atoms with Gasteiger partial charge in [0.15, 0.2) is 0 Å². The van der Waals surface area contributed by atoms with Crippen LogP contribution in [0.3, 0.4) is 0 Å². The Morgan fingerprint density at radius 3 is 2.68 bits per heavy atom. The van der Waals surface area contributed by atoms with Crippen LogP contribution in [-0.2, 0) is 4.74 Å². The number of aromatic nitrogens is 4. The molecule has 2 aromatic heterocycles. The minimum atomic E-state index is 0.322. The third-order valence-corrected chi connectivity index (χ3v) is 5.51. The molecule has 0 bridgehead atoms. The number of fused-ring (bicyclic) bond motifs is 1. The number of anilines is 1. The molecule has 0 N–H and O–H groups in total. The lowest BCUT2D eigenvalue weighted by Crippen LogP contribution is -2.37. The second-order valence-corrected chi connectivity index (χ2v) is 7.45. The molecule has 3 aromatic rings. The molecule has 1 aromatic carbocycles. The van der Waals surface area contributed by atoms with E-state index in [9.17, 15) is 0 Å². The summed E-state index contributed by atoms with van der Waals surface area (Å²) in [5, 5.41) is 5.32. The second-order valence-electron chi connectivity index (χ2n) is 7.45. The van der Waals surface area contributed by atoms with Crippen molar-refractivity contribution in [1.29, 1.82) is 0 Å². The Labute approximate surface area is 164 Å². The average molecular weight is 379 g/mol. The maximum atomic E-state index is 6.29. The van der Waals surface area contributed by atoms with Gasteiger partial charge >= 0.3 is 0 Å². The molecule has 3 heterocycles. The molecule has 0 atom stereocenters. The topological polar surface area (TPSA) is 65.3 Å². The average Bonchev–Trinajstić information content (AvgIpc) is 3.29. The van der Waals surface area contributed by atoms with Crippen LogP contribution in [-0.4, -0.2) is 52.2 Å². The predicted octanol–water partition coefficient (Wildman–Crippen LogP) is 3.36. The largest absolute Gasteiger partial charge is 0.490 e. The Morgan fingerprint density at radius 1 is 1.04 bits per heavy atom. The van der Waals surface area contributed by atoms with E-state index in [0.29, 0.717) is 25.3 Å². The van der Waals surface area contributed by atoms with Crippen LogP contribution in [0.5, 0.6) is 5.75 Å². The maximum Gasteiger partial charge on any atom is 0.253 e. The van der Waals surface area contributed by atoms with E-state index in [2.05, 4.69) is 16.1 Å². The zero-order valence-corrected chi connectivity index (χ0v) is 16.0. The molecule has 1 aliphatic heterocycles. The highest BCUT2D eigenvalue weighted by atomic mass is 16.5. The smallest absolute Gasteiger partial charge is 0.253 e. The fourth-order valence-corrected chi connectivity index (χ4v) is 4.03. The lowest BCUT2D eigenvalue weighted by atomic mass is 9.98. The van der Waals surface area contributed by atoms with Crippen molar-refractivity contribution in [3.05, 3.63) is 36.7 Å². The predicted molar refractivity (Wildman–Crippen MR) is 107 cm³/mol. The van der Waals surface area contributed by atoms with E-state index in [-0.39, 0.29) is 0 Å². The molecular formula is C21H25N5O2. The molecule has 28 heavy (non-hydrogen) atoms. The van der Waals surface area contributed by atoms with Crippen LogP contribution in [0.25, 0.3) is 16.9 Å². The lowest BCUT2D eigenvalue weighted by Gasteiger charge is -2.29. The highest BCUT2D eigenvalue weighted by Gasteiger charge is 2.20. The van der Waals surface area contributed by atoms with Gasteiger partial charge in [-0.15, -0.1) is 0 Å². The van der Waals surface area contributed by atoms with Crippen molar-refractivity contribution in [3.63, 3.8) is 0 Å². The van der Waals surface area contributed by atoms with Crippen LogP contribution in [0.1, 0.15) is 32.1 Å². The van der Waals surface area contributed by atoms with E-state index in [1.54, 1.807) is 10.9 Å². The summed E-state index contributed by atoms with van der Waals surface area (Å²) in [5.41, 5.74) is 0.901. The molecule has 2 fully saturated rings. The van der Waals surface area contributed by atoms with Gasteiger partial charge in [-0.05, 0) is 49.9 Å². The molecule has 1 saturated heterocycles. The number of benzene rings is 1. The molecule has 146 valence electrons. The first-order valence-electron chi connectivity index (χ1n) is 10.2. The summed E-state index contributed by atoms with van der Waals surface area (Å²) in [6.45, 7) is 3.05. The Kier molecular flexibility index (Phi) is 4.83. The number of ether oxygens (including phenoxy) is 2. The number of rotatable bonds is 4. The van der Waals surface area contributed by atoms with Crippen molar-refractivity contribution < 1.29 is 9.47 Å². The van der Waals surface area contributed by atoms with E-state index in [4.69, 9.17) is 19.4 Å². The monoisotopic (exact) mass is 379 g/mol. The van der Waals surface area contributed by atoms with Crippen LogP contribution < -0.4 is 9.64 Å². The summed E-state index contributed by atoms with van der Waals surface area (Å²) in [6.07, 6.45) is 10.0. The van der Waals surface area contributed by atoms with Crippen molar-refractivity contribution in [2.45, 2.75) is 38.2 Å². The standard InChI is InChI=1S/C21H25N5O2/c1-2-5-16(6-3-1)28-17-7-8-19-18(15-17)20(25-11-13-27-14-12-25)24-21(23-19)26-10-4-9-22-26/h4,7-10,15-16H,1-3,5-6,11-14H2. The highest BCUT2D eigenvalue weighted by molar-refractivity contribution is 5.91. The van der Waals surface area contributed by atoms with Crippen LogP contribution in [0.2, 0.25) is 0 Å². The highest BCUT2D eigenvalue weighted by Crippen LogP contribution is 2.31. The summed E-state index contributed by atoms with van der Waals surface area (Å²) in [4.78, 5) is 11.9. The van der Waals surface area contributed by atoms with Gasteiger partial charge in [0.25, 0.3) is 5.95 Å². The Balaban J connectivity index is 1.55. The normalized spacial score (nSPS) is 18.5. The number of hydrogen-bond acceptors (Lipinski definition) is 6. The van der Waals surface area contributed by atoms with Gasteiger partial charge in [-0.1, -0.05) is 6.42 Å². The lowest BCUT2D eigenvalue weighted by molar-refractivity contribution is 0.122. The first-order chi connectivity index (χ1) is 13.9. The SMILES string of the molecule is c1cnn(-c2nc(N3CCOCC3)c3cc(OC4CCCCC4)ccc3n2)c1. The summed E-state index contributed by atoms with van der Waals surface area (Å²) in [5.74, 6) is 2.41. The summed E-state index contributed by atoms with van der Waals surface area (Å²) in [6, 6.07) is 8.04. The minimum absolute atomic E-state index is 0.322. The molecule has 1 aliphatic carbocycles. The molecule has 0 radical (unpaired) electrons. The summed E-state index contributed by atoms with van der Waals surface area (Å²) >= 11 is 0. The Morgan fingerprint density at radius 2 is 1.89 bits per heavy atom. The van der Waals surface area contributed by atoms with Gasteiger partial charge in [0.1, 0.15) is 11.6 Å². The number of hydrogen-bond donors (Lipinski definition) is 0. The molecule has 7 heteroatoms. The Bertz CT molecular complexity index is 931. The van der Waals surface area contributed by atoms with Gasteiger partial charge in [0.2, 0.25) is 0 Å². The quantitative estimate of drug-likeness (QED) is 0.693. The van der Waals surface area contributed by atoms with Crippen molar-refractivity contribution in [3.8, 4) is 11.7 Å². The van der Waals surface area contributed by atoms with Crippen molar-refractivity contribution in [1.82, 2.24) is 19.7 Å². The van der Waals surface area contributed by atoms with Gasteiger partial charge in [-0.2, -0.15) is 10.1 Å². The number of nitrogens with zero attached hydrogens (tertiary/aromatic N) is 5. The third kappa shape index (κ3) is 3.54. The van der Waals surface area contributed by atoms with Gasteiger partial charge in [-0.3, -0.25) is 0 Å². The maximum absolute atomic E-state index is 6.29. The molecule has 0 spiro atoms. The van der Waals surface area contributed by atoms with Gasteiger partial charge in [0, 0.05) is 30.9 Å². The van der Waals surface area contributed by atoms with Gasteiger partial charge in [0.05, 0.1) is 24.8 Å². The molecule has 5 rings (SSSR count). The molecule has 0 amide bonds. The van der Waals surface area contributed by atoms with Crippen LogP contribution in [0.15, 0.2) is 36.7 Å². The van der Waals surface area contributed by atoms with Crippen LogP contribution >= 0.6 is 0 Å². The third-order valence-electron chi connectivity index (χ3n) is 5.51. The zero-order chi connectivity index (χ0) is 18.8. The first kappa shape index (κ1) is 17.4. The van der Waals surface area contributed by atoms with Crippen molar-refractivity contribution in [2.24, 2.45) is 0 Å². The molecule has 0 unspecified atom stereocenters. The van der Waals surface area contributed by atoms with E-state index >= 15 is 0 Å². The second kappa shape index (κ2) is 7.75. The van der Waals surface area contributed by atoms with E-state index in [0.717, 1.165) is 48.4 Å². The van der Waals surface area contributed by atoms with Gasteiger partial charge < -0.3 is 14.4 Å². The van der Waals surface area contributed by atoms with Crippen molar-refractivity contribution >= 4 is 16.7 Å². The fourth-order valence-electron chi connectivity index (χ4n) is 4.03. The molecule has 1 saturated carbocycles. The molecule has 7 nitrogen and oxygen atoms in total. The fraction of sp³-hybridized carbons (Fsp3) is 0.476. The van der Waals surface area contributed by atoms with E-state index in [1.165, 1.54) is 19.3 Å². The van der Waals surface area contributed by atoms with Crippen LogP contribution in [0, 0.1) is 0 Å². The van der Waals surface area contributed by atoms with Gasteiger partial charge in [-0.25, -0.2) is 9.67 Å².